The van der Waals surface area contributed by atoms with E-state index in [9.17, 15) is 0 Å². The van der Waals surface area contributed by atoms with Gasteiger partial charge < -0.3 is 14.8 Å². The van der Waals surface area contributed by atoms with Crippen LogP contribution >= 0.6 is 0 Å². The van der Waals surface area contributed by atoms with Crippen molar-refractivity contribution in [3.63, 3.8) is 0 Å². The Morgan fingerprint density at radius 2 is 2.00 bits per heavy atom. The summed E-state index contributed by atoms with van der Waals surface area (Å²) in [5, 5.41) is 3.43. The molecule has 0 amide bonds. The minimum Gasteiger partial charge on any atom is -0.495 e. The second-order valence-electron chi connectivity index (χ2n) is 4.44. The first kappa shape index (κ1) is 12.2. The third-order valence-electron chi connectivity index (χ3n) is 3.31. The van der Waals surface area contributed by atoms with Crippen molar-refractivity contribution in [2.24, 2.45) is 5.92 Å². The molecular weight excluding hydrogens is 216 g/mol. The molecule has 4 nitrogen and oxygen atoms in total. The van der Waals surface area contributed by atoms with E-state index in [0.29, 0.717) is 5.92 Å². The fourth-order valence-electron chi connectivity index (χ4n) is 2.39. The van der Waals surface area contributed by atoms with E-state index in [-0.39, 0.29) is 0 Å². The number of methoxy groups -OCH3 is 2. The van der Waals surface area contributed by atoms with Crippen LogP contribution in [0.1, 0.15) is 18.4 Å². The summed E-state index contributed by atoms with van der Waals surface area (Å²) in [6.45, 7) is 2.22. The molecule has 1 unspecified atom stereocenters. The van der Waals surface area contributed by atoms with Crippen LogP contribution in [0.5, 0.6) is 11.5 Å². The van der Waals surface area contributed by atoms with Gasteiger partial charge >= 0.3 is 0 Å². The Labute approximate surface area is 102 Å². The van der Waals surface area contributed by atoms with Crippen molar-refractivity contribution in [2.75, 3.05) is 27.3 Å². The van der Waals surface area contributed by atoms with Crippen LogP contribution < -0.4 is 14.8 Å². The topological polar surface area (TPSA) is 43.4 Å². The maximum Gasteiger partial charge on any atom is 0.144 e. The average Bonchev–Trinajstić information content (AvgIpc) is 2.40. The molecule has 1 aromatic rings. The van der Waals surface area contributed by atoms with E-state index in [0.717, 1.165) is 36.6 Å². The SMILES string of the molecule is COc1cncc(OC)c1CC1CCCNC1. The summed E-state index contributed by atoms with van der Waals surface area (Å²) in [5.41, 5.74) is 1.14. The summed E-state index contributed by atoms with van der Waals surface area (Å²) in [6, 6.07) is 0. The Kier molecular flexibility index (Phi) is 4.20. The molecule has 17 heavy (non-hydrogen) atoms. The largest absolute Gasteiger partial charge is 0.495 e. The van der Waals surface area contributed by atoms with Gasteiger partial charge in [0.25, 0.3) is 0 Å². The fraction of sp³-hybridized carbons (Fsp3) is 0.615. The maximum absolute atomic E-state index is 5.37. The average molecular weight is 236 g/mol. The number of rotatable bonds is 4. The highest BCUT2D eigenvalue weighted by Crippen LogP contribution is 2.30. The molecule has 1 aliphatic rings. The van der Waals surface area contributed by atoms with Crippen molar-refractivity contribution in [3.8, 4) is 11.5 Å². The maximum atomic E-state index is 5.37. The van der Waals surface area contributed by atoms with E-state index in [1.165, 1.54) is 12.8 Å². The second-order valence-corrected chi connectivity index (χ2v) is 4.44. The predicted molar refractivity (Wildman–Crippen MR) is 66.6 cm³/mol. The molecule has 1 aromatic heterocycles. The zero-order valence-electron chi connectivity index (χ0n) is 10.5. The van der Waals surface area contributed by atoms with Gasteiger partial charge in [0.05, 0.1) is 26.6 Å². The summed E-state index contributed by atoms with van der Waals surface area (Å²) < 4.78 is 10.7. The molecule has 0 aromatic carbocycles. The highest BCUT2D eigenvalue weighted by atomic mass is 16.5. The number of hydrogen-bond acceptors (Lipinski definition) is 4. The standard InChI is InChI=1S/C13H20N2O2/c1-16-12-8-15-9-13(17-2)11(12)6-10-4-3-5-14-7-10/h8-10,14H,3-7H2,1-2H3. The van der Waals surface area contributed by atoms with Gasteiger partial charge in [0.15, 0.2) is 0 Å². The molecule has 2 rings (SSSR count). The monoisotopic (exact) mass is 236 g/mol. The van der Waals surface area contributed by atoms with Crippen molar-refractivity contribution in [1.29, 1.82) is 0 Å². The van der Waals surface area contributed by atoms with Crippen LogP contribution in [0.2, 0.25) is 0 Å². The van der Waals surface area contributed by atoms with Gasteiger partial charge in [-0.2, -0.15) is 0 Å². The lowest BCUT2D eigenvalue weighted by atomic mass is 9.92. The van der Waals surface area contributed by atoms with E-state index in [4.69, 9.17) is 9.47 Å². The lowest BCUT2D eigenvalue weighted by Crippen LogP contribution is -2.31. The molecule has 0 aliphatic carbocycles. The summed E-state index contributed by atoms with van der Waals surface area (Å²) >= 11 is 0. The molecule has 0 saturated carbocycles. The van der Waals surface area contributed by atoms with E-state index in [2.05, 4.69) is 10.3 Å². The zero-order valence-corrected chi connectivity index (χ0v) is 10.5. The highest BCUT2D eigenvalue weighted by Gasteiger charge is 2.18. The van der Waals surface area contributed by atoms with Crippen molar-refractivity contribution < 1.29 is 9.47 Å². The van der Waals surface area contributed by atoms with Crippen molar-refractivity contribution in [1.82, 2.24) is 10.3 Å². The minimum absolute atomic E-state index is 0.661. The van der Waals surface area contributed by atoms with E-state index in [1.807, 2.05) is 0 Å². The predicted octanol–water partition coefficient (Wildman–Crippen LogP) is 1.64. The lowest BCUT2D eigenvalue weighted by Gasteiger charge is -2.24. The molecule has 2 heterocycles. The molecule has 1 atom stereocenters. The van der Waals surface area contributed by atoms with Crippen LogP contribution in [0.15, 0.2) is 12.4 Å². The lowest BCUT2D eigenvalue weighted by molar-refractivity contribution is 0.347. The number of nitrogens with zero attached hydrogens (tertiary/aromatic N) is 1. The Hall–Kier alpha value is -1.29. The number of aromatic nitrogens is 1. The molecule has 1 aliphatic heterocycles. The summed E-state index contributed by atoms with van der Waals surface area (Å²) in [5.74, 6) is 2.32. The number of piperidine rings is 1. The van der Waals surface area contributed by atoms with Crippen LogP contribution in [0.25, 0.3) is 0 Å². The third kappa shape index (κ3) is 2.88. The molecule has 0 spiro atoms. The first-order valence-corrected chi connectivity index (χ1v) is 6.10. The van der Waals surface area contributed by atoms with Crippen molar-refractivity contribution in [3.05, 3.63) is 18.0 Å². The molecule has 1 saturated heterocycles. The zero-order chi connectivity index (χ0) is 12.1. The number of pyridine rings is 1. The molecule has 1 fully saturated rings. The van der Waals surface area contributed by atoms with Gasteiger partial charge in [-0.05, 0) is 38.3 Å². The van der Waals surface area contributed by atoms with Crippen LogP contribution in [0, 0.1) is 5.92 Å². The van der Waals surface area contributed by atoms with Crippen LogP contribution in [0.3, 0.4) is 0 Å². The molecule has 4 heteroatoms. The van der Waals surface area contributed by atoms with Crippen molar-refractivity contribution in [2.45, 2.75) is 19.3 Å². The Morgan fingerprint density at radius 1 is 1.29 bits per heavy atom. The van der Waals surface area contributed by atoms with E-state index < -0.39 is 0 Å². The Balaban J connectivity index is 2.16. The number of nitrogens with one attached hydrogen (secondary N) is 1. The first-order valence-electron chi connectivity index (χ1n) is 6.10. The van der Waals surface area contributed by atoms with E-state index >= 15 is 0 Å². The highest BCUT2D eigenvalue weighted by molar-refractivity contribution is 5.42. The molecule has 94 valence electrons. The fourth-order valence-corrected chi connectivity index (χ4v) is 2.39. The van der Waals surface area contributed by atoms with Crippen LogP contribution in [0.4, 0.5) is 0 Å². The van der Waals surface area contributed by atoms with E-state index in [1.54, 1.807) is 26.6 Å². The Morgan fingerprint density at radius 3 is 2.53 bits per heavy atom. The van der Waals surface area contributed by atoms with Gasteiger partial charge in [-0.3, -0.25) is 4.98 Å². The van der Waals surface area contributed by atoms with Gasteiger partial charge in [0, 0.05) is 5.56 Å². The number of ether oxygens (including phenoxy) is 2. The van der Waals surface area contributed by atoms with Gasteiger partial charge in [0.2, 0.25) is 0 Å². The third-order valence-corrected chi connectivity index (χ3v) is 3.31. The van der Waals surface area contributed by atoms with Gasteiger partial charge in [-0.15, -0.1) is 0 Å². The Bertz CT molecular complexity index is 340. The molecule has 0 radical (unpaired) electrons. The molecule has 1 N–H and O–H groups in total. The number of hydrogen-bond donors (Lipinski definition) is 1. The molecular formula is C13H20N2O2. The minimum atomic E-state index is 0.661. The summed E-state index contributed by atoms with van der Waals surface area (Å²) in [6.07, 6.45) is 7.02. The first-order chi connectivity index (χ1) is 8.35. The quantitative estimate of drug-likeness (QED) is 0.863. The second kappa shape index (κ2) is 5.87. The van der Waals surface area contributed by atoms with Gasteiger partial charge in [-0.25, -0.2) is 0 Å². The summed E-state index contributed by atoms with van der Waals surface area (Å²) in [4.78, 5) is 4.11. The molecule has 0 bridgehead atoms. The van der Waals surface area contributed by atoms with Gasteiger partial charge in [-0.1, -0.05) is 0 Å². The van der Waals surface area contributed by atoms with Crippen molar-refractivity contribution >= 4 is 0 Å². The van der Waals surface area contributed by atoms with Crippen LogP contribution in [-0.4, -0.2) is 32.3 Å². The van der Waals surface area contributed by atoms with Crippen LogP contribution in [-0.2, 0) is 6.42 Å². The summed E-state index contributed by atoms with van der Waals surface area (Å²) in [7, 11) is 3.36. The smallest absolute Gasteiger partial charge is 0.144 e. The van der Waals surface area contributed by atoms with Gasteiger partial charge in [0.1, 0.15) is 11.5 Å². The normalized spacial score (nSPS) is 20.0.